The van der Waals surface area contributed by atoms with Crippen molar-refractivity contribution >= 4 is 11.8 Å². The van der Waals surface area contributed by atoms with Crippen LogP contribution in [0.25, 0.3) is 0 Å². The molecule has 0 aliphatic rings. The lowest BCUT2D eigenvalue weighted by molar-refractivity contribution is 0.536. The Hall–Kier alpha value is -0.480. The second-order valence-electron chi connectivity index (χ2n) is 3.39. The summed E-state index contributed by atoms with van der Waals surface area (Å²) in [7, 11) is 0. The Morgan fingerprint density at radius 2 is 2.50 bits per heavy atom. The van der Waals surface area contributed by atoms with E-state index in [9.17, 15) is 0 Å². The van der Waals surface area contributed by atoms with Crippen LogP contribution >= 0.6 is 11.8 Å². The molecule has 0 fully saturated rings. The summed E-state index contributed by atoms with van der Waals surface area (Å²) in [5.74, 6) is 1.12. The highest BCUT2D eigenvalue weighted by Gasteiger charge is 2.01. The predicted molar refractivity (Wildman–Crippen MR) is 61.7 cm³/mol. The molecule has 0 spiro atoms. The average Bonchev–Trinajstić information content (AvgIpc) is 2.67. The van der Waals surface area contributed by atoms with E-state index in [1.807, 2.05) is 6.20 Å². The summed E-state index contributed by atoms with van der Waals surface area (Å²) < 4.78 is 0. The lowest BCUT2D eigenvalue weighted by Crippen LogP contribution is -2.27. The van der Waals surface area contributed by atoms with E-state index in [0.29, 0.717) is 6.04 Å². The second-order valence-corrected chi connectivity index (χ2v) is 4.47. The molecule has 0 saturated carbocycles. The minimum Gasteiger partial charge on any atom is -0.340 e. The van der Waals surface area contributed by atoms with E-state index in [0.717, 1.165) is 17.5 Å². The van der Waals surface area contributed by atoms with Crippen LogP contribution in [0.1, 0.15) is 26.7 Å². The molecule has 80 valence electrons. The van der Waals surface area contributed by atoms with Gasteiger partial charge in [-0.1, -0.05) is 18.7 Å². The number of hydrogen-bond acceptors (Lipinski definition) is 3. The quantitative estimate of drug-likeness (QED) is 0.683. The number of nitrogens with one attached hydrogen (secondary N) is 2. The summed E-state index contributed by atoms with van der Waals surface area (Å²) in [5, 5.41) is 4.49. The van der Waals surface area contributed by atoms with E-state index >= 15 is 0 Å². The van der Waals surface area contributed by atoms with Gasteiger partial charge in [0.1, 0.15) is 0 Å². The van der Waals surface area contributed by atoms with Crippen LogP contribution in [0.3, 0.4) is 0 Å². The van der Waals surface area contributed by atoms with Crippen LogP contribution in [-0.4, -0.2) is 28.3 Å². The average molecular weight is 213 g/mol. The maximum atomic E-state index is 4.16. The highest BCUT2D eigenvalue weighted by Crippen LogP contribution is 2.13. The Morgan fingerprint density at radius 1 is 1.64 bits per heavy atom. The van der Waals surface area contributed by atoms with Crippen molar-refractivity contribution in [3.63, 3.8) is 0 Å². The number of aromatic nitrogens is 2. The third kappa shape index (κ3) is 4.67. The van der Waals surface area contributed by atoms with Gasteiger partial charge in [0.25, 0.3) is 0 Å². The molecule has 1 aromatic rings. The molecule has 0 bridgehead atoms. The van der Waals surface area contributed by atoms with Crippen LogP contribution in [0.4, 0.5) is 0 Å². The Morgan fingerprint density at radius 3 is 3.14 bits per heavy atom. The second kappa shape index (κ2) is 6.90. The van der Waals surface area contributed by atoms with Crippen molar-refractivity contribution in [2.24, 2.45) is 0 Å². The van der Waals surface area contributed by atoms with Crippen molar-refractivity contribution in [1.29, 1.82) is 0 Å². The Balaban J connectivity index is 2.03. The SMILES string of the molecule is CCCNC(C)CCSc1ncc[nH]1. The molecular formula is C10H19N3S. The van der Waals surface area contributed by atoms with Gasteiger partial charge >= 0.3 is 0 Å². The van der Waals surface area contributed by atoms with Gasteiger partial charge in [0.15, 0.2) is 5.16 Å². The van der Waals surface area contributed by atoms with Gasteiger partial charge in [-0.25, -0.2) is 4.98 Å². The van der Waals surface area contributed by atoms with Gasteiger partial charge in [-0.3, -0.25) is 0 Å². The fourth-order valence-electron chi connectivity index (χ4n) is 1.15. The lowest BCUT2D eigenvalue weighted by atomic mass is 10.2. The summed E-state index contributed by atoms with van der Waals surface area (Å²) in [5.41, 5.74) is 0. The number of hydrogen-bond donors (Lipinski definition) is 2. The van der Waals surface area contributed by atoms with Gasteiger partial charge in [0, 0.05) is 24.2 Å². The minimum atomic E-state index is 0.609. The summed E-state index contributed by atoms with van der Waals surface area (Å²) in [6.07, 6.45) is 6.04. The lowest BCUT2D eigenvalue weighted by Gasteiger charge is -2.11. The smallest absolute Gasteiger partial charge is 0.165 e. The number of thioether (sulfide) groups is 1. The zero-order chi connectivity index (χ0) is 10.2. The van der Waals surface area contributed by atoms with Crippen molar-refractivity contribution in [3.8, 4) is 0 Å². The zero-order valence-corrected chi connectivity index (χ0v) is 9.73. The molecule has 0 radical (unpaired) electrons. The standard InChI is InChI=1S/C10H19N3S/c1-3-5-11-9(2)4-8-14-10-12-6-7-13-10/h6-7,9,11H,3-5,8H2,1-2H3,(H,12,13). The van der Waals surface area contributed by atoms with Gasteiger partial charge in [0.05, 0.1) is 0 Å². The van der Waals surface area contributed by atoms with Gasteiger partial charge < -0.3 is 10.3 Å². The van der Waals surface area contributed by atoms with Crippen LogP contribution in [-0.2, 0) is 0 Å². The van der Waals surface area contributed by atoms with Crippen molar-refractivity contribution in [2.45, 2.75) is 37.9 Å². The molecule has 0 aliphatic carbocycles. The largest absolute Gasteiger partial charge is 0.340 e. The van der Waals surface area contributed by atoms with Crippen molar-refractivity contribution in [3.05, 3.63) is 12.4 Å². The molecule has 1 aromatic heterocycles. The number of nitrogens with zero attached hydrogens (tertiary/aromatic N) is 1. The van der Waals surface area contributed by atoms with E-state index in [1.54, 1.807) is 18.0 Å². The first-order valence-electron chi connectivity index (χ1n) is 5.18. The van der Waals surface area contributed by atoms with E-state index in [4.69, 9.17) is 0 Å². The fourth-order valence-corrected chi connectivity index (χ4v) is 2.11. The molecule has 1 rings (SSSR count). The highest BCUT2D eigenvalue weighted by molar-refractivity contribution is 7.99. The van der Waals surface area contributed by atoms with E-state index in [-0.39, 0.29) is 0 Å². The molecule has 1 unspecified atom stereocenters. The van der Waals surface area contributed by atoms with Crippen molar-refractivity contribution in [1.82, 2.24) is 15.3 Å². The molecule has 0 aromatic carbocycles. The molecule has 2 N–H and O–H groups in total. The van der Waals surface area contributed by atoms with Crippen LogP contribution < -0.4 is 5.32 Å². The van der Waals surface area contributed by atoms with Gasteiger partial charge in [-0.2, -0.15) is 0 Å². The molecule has 0 amide bonds. The molecule has 3 nitrogen and oxygen atoms in total. The maximum Gasteiger partial charge on any atom is 0.165 e. The first-order valence-corrected chi connectivity index (χ1v) is 6.17. The van der Waals surface area contributed by atoms with Gasteiger partial charge in [-0.15, -0.1) is 0 Å². The molecule has 0 aliphatic heterocycles. The number of aromatic amines is 1. The zero-order valence-electron chi connectivity index (χ0n) is 8.92. The Bertz CT molecular complexity index is 223. The van der Waals surface area contributed by atoms with Crippen LogP contribution in [0.2, 0.25) is 0 Å². The first-order chi connectivity index (χ1) is 6.83. The molecule has 0 saturated heterocycles. The van der Waals surface area contributed by atoms with Crippen molar-refractivity contribution in [2.75, 3.05) is 12.3 Å². The third-order valence-electron chi connectivity index (χ3n) is 2.01. The maximum absolute atomic E-state index is 4.16. The molecule has 14 heavy (non-hydrogen) atoms. The van der Waals surface area contributed by atoms with Gasteiger partial charge in [-0.05, 0) is 26.3 Å². The Kier molecular flexibility index (Phi) is 5.71. The predicted octanol–water partition coefficient (Wildman–Crippen LogP) is 2.28. The van der Waals surface area contributed by atoms with Gasteiger partial charge in [0.2, 0.25) is 0 Å². The number of H-pyrrole nitrogens is 1. The number of imidazole rings is 1. The topological polar surface area (TPSA) is 40.7 Å². The summed E-state index contributed by atoms with van der Waals surface area (Å²) >= 11 is 1.78. The van der Waals surface area contributed by atoms with Crippen molar-refractivity contribution < 1.29 is 0 Å². The molecule has 1 heterocycles. The summed E-state index contributed by atoms with van der Waals surface area (Å²) in [4.78, 5) is 7.25. The minimum absolute atomic E-state index is 0.609. The Labute approximate surface area is 90.1 Å². The van der Waals surface area contributed by atoms with Crippen LogP contribution in [0.15, 0.2) is 17.6 Å². The van der Waals surface area contributed by atoms with E-state index < -0.39 is 0 Å². The van der Waals surface area contributed by atoms with E-state index in [2.05, 4.69) is 29.1 Å². The summed E-state index contributed by atoms with van der Waals surface area (Å²) in [6, 6.07) is 0.609. The fraction of sp³-hybridized carbons (Fsp3) is 0.700. The van der Waals surface area contributed by atoms with Crippen LogP contribution in [0, 0.1) is 0 Å². The van der Waals surface area contributed by atoms with Crippen LogP contribution in [0.5, 0.6) is 0 Å². The monoisotopic (exact) mass is 213 g/mol. The molecular weight excluding hydrogens is 194 g/mol. The normalized spacial score (nSPS) is 13.0. The van der Waals surface area contributed by atoms with E-state index in [1.165, 1.54) is 12.8 Å². The molecule has 4 heteroatoms. The first kappa shape index (κ1) is 11.6. The number of rotatable bonds is 7. The summed E-state index contributed by atoms with van der Waals surface area (Å²) in [6.45, 7) is 5.54. The third-order valence-corrected chi connectivity index (χ3v) is 2.94. The molecule has 1 atom stereocenters. The highest BCUT2D eigenvalue weighted by atomic mass is 32.2.